The Hall–Kier alpha value is -4.69. The fourth-order valence-corrected chi connectivity index (χ4v) is 3.59. The molecule has 5 rings (SSSR count). The SMILES string of the molecule is Cc1c(Cc2ccc([NH2+]O)cc2)c(=O)oc2cc(OCc3nn[nH]n3)cc(OCc3nn[nH]n3)c12. The standard InChI is InChI=1S/C21H19N9O5/c1-11-15(6-12-2-4-13(26-32)5-3-12)21(31)35-17-8-14(33-9-18-22-27-28-23-18)7-16(20(11)17)34-10-19-24-29-30-25-19/h2-5,7-8,26,32H,6,9-10H2,1H3,(H,22,23,27,28)(H,24,25,29,30)/p+1. The normalized spacial score (nSPS) is 11.1. The fraction of sp³-hybridized carbons (Fsp3) is 0.190. The second-order valence-corrected chi connectivity index (χ2v) is 7.57. The molecule has 0 unspecified atom stereocenters. The van der Waals surface area contributed by atoms with Gasteiger partial charge < -0.3 is 13.9 Å². The maximum absolute atomic E-state index is 12.9. The second kappa shape index (κ2) is 9.66. The molecule has 14 heteroatoms. The quantitative estimate of drug-likeness (QED) is 0.131. The lowest BCUT2D eigenvalue weighted by atomic mass is 9.99. The van der Waals surface area contributed by atoms with E-state index in [0.717, 1.165) is 11.0 Å². The highest BCUT2D eigenvalue weighted by molar-refractivity contribution is 5.89. The van der Waals surface area contributed by atoms with E-state index in [-0.39, 0.29) is 13.2 Å². The molecule has 0 aliphatic carbocycles. The molecule has 0 radical (unpaired) electrons. The van der Waals surface area contributed by atoms with Gasteiger partial charge in [0.1, 0.15) is 17.1 Å². The smallest absolute Gasteiger partial charge is 0.340 e. The minimum Gasteiger partial charge on any atom is -0.485 e. The average molecular weight is 478 g/mol. The molecule has 3 aromatic heterocycles. The molecule has 0 saturated carbocycles. The van der Waals surface area contributed by atoms with E-state index in [4.69, 9.17) is 19.1 Å². The minimum absolute atomic E-state index is 0.0346. The molecule has 35 heavy (non-hydrogen) atoms. The zero-order valence-electron chi connectivity index (χ0n) is 18.4. The lowest BCUT2D eigenvalue weighted by Gasteiger charge is -2.14. The number of aromatic nitrogens is 8. The van der Waals surface area contributed by atoms with Crippen LogP contribution < -0.4 is 20.6 Å². The number of nitrogens with zero attached hydrogens (tertiary/aromatic N) is 6. The highest BCUT2D eigenvalue weighted by Gasteiger charge is 2.18. The van der Waals surface area contributed by atoms with Crippen molar-refractivity contribution in [1.82, 2.24) is 41.2 Å². The molecule has 0 atom stereocenters. The third-order valence-electron chi connectivity index (χ3n) is 5.33. The summed E-state index contributed by atoms with van der Waals surface area (Å²) in [6, 6.07) is 10.5. The molecule has 2 aromatic carbocycles. The molecule has 0 aliphatic heterocycles. The van der Waals surface area contributed by atoms with Crippen molar-refractivity contribution in [3.05, 3.63) is 75.2 Å². The van der Waals surface area contributed by atoms with Crippen molar-refractivity contribution >= 4 is 16.7 Å². The Labute approximate surface area is 196 Å². The van der Waals surface area contributed by atoms with E-state index in [1.807, 2.05) is 19.1 Å². The zero-order valence-corrected chi connectivity index (χ0v) is 18.4. The largest absolute Gasteiger partial charge is 0.485 e. The van der Waals surface area contributed by atoms with Crippen LogP contribution in [0.15, 0.2) is 45.6 Å². The van der Waals surface area contributed by atoms with Gasteiger partial charge in [-0.2, -0.15) is 15.9 Å². The Bertz CT molecular complexity index is 1480. The third-order valence-corrected chi connectivity index (χ3v) is 5.33. The summed E-state index contributed by atoms with van der Waals surface area (Å²) in [4.78, 5) is 12.9. The van der Waals surface area contributed by atoms with E-state index in [9.17, 15) is 4.79 Å². The van der Waals surface area contributed by atoms with Gasteiger partial charge in [0.15, 0.2) is 18.9 Å². The van der Waals surface area contributed by atoms with Crippen LogP contribution in [0, 0.1) is 6.92 Å². The molecule has 0 spiro atoms. The van der Waals surface area contributed by atoms with Crippen molar-refractivity contribution in [2.24, 2.45) is 0 Å². The van der Waals surface area contributed by atoms with Crippen LogP contribution >= 0.6 is 0 Å². The van der Waals surface area contributed by atoms with Crippen molar-refractivity contribution < 1.29 is 24.6 Å². The first-order chi connectivity index (χ1) is 17.1. The van der Waals surface area contributed by atoms with Gasteiger partial charge >= 0.3 is 5.63 Å². The molecule has 0 aliphatic rings. The van der Waals surface area contributed by atoms with Crippen molar-refractivity contribution in [2.75, 3.05) is 0 Å². The van der Waals surface area contributed by atoms with E-state index < -0.39 is 5.63 Å². The topological polar surface area (TPSA) is 194 Å². The monoisotopic (exact) mass is 478 g/mol. The summed E-state index contributed by atoms with van der Waals surface area (Å²) < 4.78 is 17.4. The summed E-state index contributed by atoms with van der Waals surface area (Å²) in [5, 5.41) is 37.1. The van der Waals surface area contributed by atoms with Crippen LogP contribution in [-0.4, -0.2) is 46.5 Å². The Morgan fingerprint density at radius 2 is 1.69 bits per heavy atom. The van der Waals surface area contributed by atoms with Gasteiger partial charge in [-0.25, -0.2) is 10.0 Å². The number of aryl methyl sites for hydroxylation is 1. The van der Waals surface area contributed by atoms with E-state index in [1.54, 1.807) is 24.3 Å². The zero-order chi connectivity index (χ0) is 24.2. The van der Waals surface area contributed by atoms with Crippen LogP contribution in [0.1, 0.15) is 28.3 Å². The second-order valence-electron chi connectivity index (χ2n) is 7.57. The van der Waals surface area contributed by atoms with Gasteiger partial charge in [0, 0.05) is 36.2 Å². The van der Waals surface area contributed by atoms with Crippen LogP contribution in [-0.2, 0) is 19.6 Å². The summed E-state index contributed by atoms with van der Waals surface area (Å²) in [5.41, 5.74) is 3.61. The van der Waals surface area contributed by atoms with Gasteiger partial charge in [-0.3, -0.25) is 0 Å². The van der Waals surface area contributed by atoms with Crippen LogP contribution in [0.4, 0.5) is 5.69 Å². The first-order valence-corrected chi connectivity index (χ1v) is 10.5. The number of rotatable bonds is 9. The molecule has 0 saturated heterocycles. The van der Waals surface area contributed by atoms with Crippen LogP contribution in [0.3, 0.4) is 0 Å². The van der Waals surface area contributed by atoms with E-state index in [2.05, 4.69) is 41.2 Å². The van der Waals surface area contributed by atoms with E-state index >= 15 is 0 Å². The van der Waals surface area contributed by atoms with Crippen molar-refractivity contribution in [1.29, 1.82) is 0 Å². The molecule has 5 N–H and O–H groups in total. The number of quaternary nitrogens is 1. The Kier molecular flexibility index (Phi) is 6.11. The number of nitrogens with one attached hydrogen (secondary N) is 2. The lowest BCUT2D eigenvalue weighted by molar-refractivity contribution is -0.825. The molecule has 14 nitrogen and oxygen atoms in total. The minimum atomic E-state index is -0.466. The maximum Gasteiger partial charge on any atom is 0.340 e. The number of hydrogen-bond acceptors (Lipinski definition) is 11. The molecule has 178 valence electrons. The van der Waals surface area contributed by atoms with Gasteiger partial charge in [0.05, 0.1) is 5.39 Å². The van der Waals surface area contributed by atoms with E-state index in [0.29, 0.717) is 57.4 Å². The number of tetrazole rings is 2. The van der Waals surface area contributed by atoms with Gasteiger partial charge in [0.2, 0.25) is 11.6 Å². The highest BCUT2D eigenvalue weighted by Crippen LogP contribution is 2.35. The Morgan fingerprint density at radius 3 is 2.31 bits per heavy atom. The lowest BCUT2D eigenvalue weighted by Crippen LogP contribution is -2.73. The number of hydrogen-bond donors (Lipinski definition) is 4. The van der Waals surface area contributed by atoms with Gasteiger partial charge in [-0.15, -0.1) is 20.4 Å². The summed E-state index contributed by atoms with van der Waals surface area (Å²) in [7, 11) is 0. The summed E-state index contributed by atoms with van der Waals surface area (Å²) in [6.45, 7) is 1.92. The summed E-state index contributed by atoms with van der Waals surface area (Å²) in [5.74, 6) is 1.52. The number of aromatic amines is 2. The Morgan fingerprint density at radius 1 is 1.00 bits per heavy atom. The molecular weight excluding hydrogens is 458 g/mol. The molecule has 0 fully saturated rings. The number of ether oxygens (including phenoxy) is 2. The number of nitrogens with two attached hydrogens (primary N) is 1. The summed E-state index contributed by atoms with van der Waals surface area (Å²) in [6.07, 6.45) is 0.343. The predicted molar refractivity (Wildman–Crippen MR) is 117 cm³/mol. The number of benzene rings is 2. The third kappa shape index (κ3) is 4.83. The molecular formula is C21H20N9O5+. The van der Waals surface area contributed by atoms with Gasteiger partial charge in [0.25, 0.3) is 0 Å². The number of H-pyrrole nitrogens is 2. The maximum atomic E-state index is 12.9. The van der Waals surface area contributed by atoms with Gasteiger partial charge in [-0.05, 0) is 18.1 Å². The van der Waals surface area contributed by atoms with Crippen LogP contribution in [0.25, 0.3) is 11.0 Å². The van der Waals surface area contributed by atoms with Gasteiger partial charge in [-0.1, -0.05) is 22.6 Å². The van der Waals surface area contributed by atoms with E-state index in [1.165, 1.54) is 0 Å². The molecule has 0 bridgehead atoms. The first-order valence-electron chi connectivity index (χ1n) is 10.5. The van der Waals surface area contributed by atoms with Crippen molar-refractivity contribution in [3.8, 4) is 11.5 Å². The molecule has 0 amide bonds. The predicted octanol–water partition coefficient (Wildman–Crippen LogP) is 0.461. The first kappa shape index (κ1) is 22.1. The summed E-state index contributed by atoms with van der Waals surface area (Å²) >= 11 is 0. The Balaban J connectivity index is 1.53. The fourth-order valence-electron chi connectivity index (χ4n) is 3.59. The van der Waals surface area contributed by atoms with Crippen molar-refractivity contribution in [3.63, 3.8) is 0 Å². The molecule has 3 heterocycles. The average Bonchev–Trinajstić information content (AvgIpc) is 3.58. The number of fused-ring (bicyclic) bond motifs is 1. The van der Waals surface area contributed by atoms with Crippen LogP contribution in [0.2, 0.25) is 0 Å². The van der Waals surface area contributed by atoms with Crippen LogP contribution in [0.5, 0.6) is 11.5 Å². The van der Waals surface area contributed by atoms with Crippen molar-refractivity contribution in [2.45, 2.75) is 26.6 Å². The molecule has 5 aromatic rings. The highest BCUT2D eigenvalue weighted by atomic mass is 16.5.